The number of nitrogens with one attached hydrogen (secondary N) is 2. The maximum absolute atomic E-state index is 6.02. The van der Waals surface area contributed by atoms with Gasteiger partial charge in [-0.05, 0) is 49.2 Å². The molecule has 0 aliphatic carbocycles. The first-order valence-electron chi connectivity index (χ1n) is 11.1. The molecule has 162 valence electrons. The van der Waals surface area contributed by atoms with Gasteiger partial charge in [0.25, 0.3) is 0 Å². The number of para-hydroxylation sites is 1. The first-order chi connectivity index (χ1) is 15.2. The van der Waals surface area contributed by atoms with Crippen molar-refractivity contribution in [2.75, 3.05) is 24.2 Å². The Morgan fingerprint density at radius 3 is 2.65 bits per heavy atom. The van der Waals surface area contributed by atoms with Gasteiger partial charge in [0, 0.05) is 24.1 Å². The number of hydrogen-bond acceptors (Lipinski definition) is 6. The van der Waals surface area contributed by atoms with Gasteiger partial charge in [-0.25, -0.2) is 0 Å². The number of aryl methyl sites for hydroxylation is 1. The molecule has 0 saturated carbocycles. The minimum Gasteiger partial charge on any atom is -0.494 e. The third kappa shape index (κ3) is 5.11. The molecule has 1 aliphatic heterocycles. The molecular weight excluding hydrogens is 388 g/mol. The summed E-state index contributed by atoms with van der Waals surface area (Å²) in [5.74, 6) is 2.38. The quantitative estimate of drug-likeness (QED) is 0.520. The van der Waals surface area contributed by atoms with E-state index in [0.717, 1.165) is 36.6 Å². The molecule has 2 aromatic carbocycles. The molecular formula is C24H31N6O+. The SMILES string of the molecule is CCOc1ccc([C@@H]2CCC[NH+]2Cc2nc(N)nc(Nc3ccccc3CC)n2)cc1. The average molecular weight is 420 g/mol. The summed E-state index contributed by atoms with van der Waals surface area (Å²) in [5.41, 5.74) is 9.56. The third-order valence-electron chi connectivity index (χ3n) is 5.81. The maximum atomic E-state index is 6.02. The summed E-state index contributed by atoms with van der Waals surface area (Å²) in [6.07, 6.45) is 3.26. The smallest absolute Gasteiger partial charge is 0.232 e. The molecule has 4 N–H and O–H groups in total. The van der Waals surface area contributed by atoms with Crippen LogP contribution in [0, 0.1) is 0 Å². The van der Waals surface area contributed by atoms with E-state index in [9.17, 15) is 0 Å². The zero-order valence-electron chi connectivity index (χ0n) is 18.3. The molecule has 1 aromatic heterocycles. The van der Waals surface area contributed by atoms with Crippen molar-refractivity contribution >= 4 is 17.6 Å². The van der Waals surface area contributed by atoms with E-state index in [2.05, 4.69) is 57.5 Å². The Hall–Kier alpha value is -3.19. The van der Waals surface area contributed by atoms with Crippen LogP contribution in [0.2, 0.25) is 0 Å². The summed E-state index contributed by atoms with van der Waals surface area (Å²) in [6.45, 7) is 6.62. The van der Waals surface area contributed by atoms with E-state index in [0.29, 0.717) is 25.1 Å². The van der Waals surface area contributed by atoms with Crippen molar-refractivity contribution < 1.29 is 9.64 Å². The number of nitrogen functional groups attached to an aromatic ring is 1. The summed E-state index contributed by atoms with van der Waals surface area (Å²) >= 11 is 0. The molecule has 0 radical (unpaired) electrons. The van der Waals surface area contributed by atoms with E-state index in [-0.39, 0.29) is 5.95 Å². The van der Waals surface area contributed by atoms with Gasteiger partial charge in [-0.15, -0.1) is 0 Å². The van der Waals surface area contributed by atoms with Gasteiger partial charge in [-0.3, -0.25) is 0 Å². The van der Waals surface area contributed by atoms with Crippen LogP contribution in [0.4, 0.5) is 17.6 Å². The van der Waals surface area contributed by atoms with Crippen LogP contribution in [-0.4, -0.2) is 28.1 Å². The lowest BCUT2D eigenvalue weighted by molar-refractivity contribution is -0.932. The second kappa shape index (κ2) is 9.75. The van der Waals surface area contributed by atoms with Crippen LogP contribution in [0.25, 0.3) is 0 Å². The predicted molar refractivity (Wildman–Crippen MR) is 122 cm³/mol. The Labute approximate surface area is 183 Å². The zero-order valence-corrected chi connectivity index (χ0v) is 18.3. The summed E-state index contributed by atoms with van der Waals surface area (Å²) in [5, 5.41) is 3.33. The Morgan fingerprint density at radius 1 is 1.06 bits per heavy atom. The molecule has 1 fully saturated rings. The van der Waals surface area contributed by atoms with Crippen LogP contribution in [-0.2, 0) is 13.0 Å². The van der Waals surface area contributed by atoms with E-state index < -0.39 is 0 Å². The molecule has 2 atom stereocenters. The Kier molecular flexibility index (Phi) is 6.62. The van der Waals surface area contributed by atoms with Gasteiger partial charge in [-0.2, -0.15) is 15.0 Å². The highest BCUT2D eigenvalue weighted by Crippen LogP contribution is 2.23. The number of likely N-dealkylation sites (tertiary alicyclic amines) is 1. The fourth-order valence-corrected chi connectivity index (χ4v) is 4.34. The van der Waals surface area contributed by atoms with Crippen LogP contribution in [0.1, 0.15) is 49.7 Å². The summed E-state index contributed by atoms with van der Waals surface area (Å²) in [4.78, 5) is 14.9. The van der Waals surface area contributed by atoms with Crippen molar-refractivity contribution in [2.45, 2.75) is 45.7 Å². The van der Waals surface area contributed by atoms with E-state index in [1.165, 1.54) is 22.4 Å². The van der Waals surface area contributed by atoms with Gasteiger partial charge in [0.1, 0.15) is 18.3 Å². The van der Waals surface area contributed by atoms with Crippen molar-refractivity contribution in [3.8, 4) is 5.75 Å². The van der Waals surface area contributed by atoms with Crippen molar-refractivity contribution in [2.24, 2.45) is 0 Å². The number of quaternary nitrogens is 1. The van der Waals surface area contributed by atoms with Gasteiger partial charge in [0.2, 0.25) is 11.9 Å². The van der Waals surface area contributed by atoms with Crippen molar-refractivity contribution in [3.05, 3.63) is 65.5 Å². The van der Waals surface area contributed by atoms with Crippen molar-refractivity contribution in [3.63, 3.8) is 0 Å². The number of nitrogens with two attached hydrogens (primary N) is 1. The largest absolute Gasteiger partial charge is 0.494 e. The third-order valence-corrected chi connectivity index (χ3v) is 5.81. The maximum Gasteiger partial charge on any atom is 0.232 e. The van der Waals surface area contributed by atoms with Gasteiger partial charge in [0.05, 0.1) is 13.2 Å². The first kappa shape index (κ1) is 21.1. The summed E-state index contributed by atoms with van der Waals surface area (Å²) in [6, 6.07) is 17.1. The number of ether oxygens (including phenoxy) is 1. The molecule has 2 heterocycles. The van der Waals surface area contributed by atoms with Gasteiger partial charge in [-0.1, -0.05) is 25.1 Å². The van der Waals surface area contributed by atoms with Crippen LogP contribution in [0.3, 0.4) is 0 Å². The van der Waals surface area contributed by atoms with Crippen LogP contribution in [0.5, 0.6) is 5.75 Å². The predicted octanol–water partition coefficient (Wildman–Crippen LogP) is 3.08. The first-order valence-corrected chi connectivity index (χ1v) is 11.1. The molecule has 4 rings (SSSR count). The Balaban J connectivity index is 1.50. The van der Waals surface area contributed by atoms with Gasteiger partial charge >= 0.3 is 0 Å². The molecule has 3 aromatic rings. The molecule has 7 heteroatoms. The molecule has 1 saturated heterocycles. The second-order valence-corrected chi connectivity index (χ2v) is 7.85. The van der Waals surface area contributed by atoms with E-state index in [4.69, 9.17) is 10.5 Å². The Morgan fingerprint density at radius 2 is 1.87 bits per heavy atom. The van der Waals surface area contributed by atoms with E-state index in [1.54, 1.807) is 0 Å². The topological polar surface area (TPSA) is 90.4 Å². The number of aromatic nitrogens is 3. The number of rotatable bonds is 8. The lowest BCUT2D eigenvalue weighted by atomic mass is 10.0. The fourth-order valence-electron chi connectivity index (χ4n) is 4.34. The highest BCUT2D eigenvalue weighted by atomic mass is 16.5. The lowest BCUT2D eigenvalue weighted by Gasteiger charge is -2.21. The summed E-state index contributed by atoms with van der Waals surface area (Å²) in [7, 11) is 0. The van der Waals surface area contributed by atoms with E-state index >= 15 is 0 Å². The molecule has 0 bridgehead atoms. The van der Waals surface area contributed by atoms with Crippen LogP contribution < -0.4 is 20.7 Å². The van der Waals surface area contributed by atoms with Crippen LogP contribution in [0.15, 0.2) is 48.5 Å². The Bertz CT molecular complexity index is 1010. The number of nitrogens with zero attached hydrogens (tertiary/aromatic N) is 3. The second-order valence-electron chi connectivity index (χ2n) is 7.85. The number of benzene rings is 2. The molecule has 0 spiro atoms. The highest BCUT2D eigenvalue weighted by molar-refractivity contribution is 5.58. The molecule has 31 heavy (non-hydrogen) atoms. The van der Waals surface area contributed by atoms with E-state index in [1.807, 2.05) is 25.1 Å². The lowest BCUT2D eigenvalue weighted by Crippen LogP contribution is -3.09. The number of anilines is 3. The molecule has 0 amide bonds. The molecule has 1 aliphatic rings. The average Bonchev–Trinajstić information content (AvgIpc) is 3.22. The standard InChI is InChI=1S/C24H30N6O/c1-3-17-8-5-6-9-20(17)26-24-28-22(27-23(25)29-24)16-30-15-7-10-21(30)18-11-13-19(14-12-18)31-4-2/h5-6,8-9,11-14,21H,3-4,7,10,15-16H2,1-2H3,(H3,25,26,27,28,29)/p+1/t21-/m0/s1. The minimum absolute atomic E-state index is 0.248. The van der Waals surface area contributed by atoms with Crippen LogP contribution >= 0.6 is 0 Å². The van der Waals surface area contributed by atoms with Crippen molar-refractivity contribution in [1.82, 2.24) is 15.0 Å². The highest BCUT2D eigenvalue weighted by Gasteiger charge is 2.31. The monoisotopic (exact) mass is 419 g/mol. The van der Waals surface area contributed by atoms with Gasteiger partial charge in [0.15, 0.2) is 5.82 Å². The van der Waals surface area contributed by atoms with Crippen molar-refractivity contribution in [1.29, 1.82) is 0 Å². The summed E-state index contributed by atoms with van der Waals surface area (Å²) < 4.78 is 5.58. The number of hydrogen-bond donors (Lipinski definition) is 3. The van der Waals surface area contributed by atoms with Gasteiger partial charge < -0.3 is 20.7 Å². The normalized spacial score (nSPS) is 18.1. The molecule has 1 unspecified atom stereocenters. The fraction of sp³-hybridized carbons (Fsp3) is 0.375. The molecule has 7 nitrogen and oxygen atoms in total. The zero-order chi connectivity index (χ0) is 21.6. The minimum atomic E-state index is 0.248.